The first-order valence-electron chi connectivity index (χ1n) is 9.15. The van der Waals surface area contributed by atoms with Crippen LogP contribution >= 0.6 is 11.8 Å². The highest BCUT2D eigenvalue weighted by atomic mass is 32.2. The molecule has 4 atom stereocenters. The number of aliphatic carboxylic acids is 1. The Bertz CT molecular complexity index is 463. The summed E-state index contributed by atoms with van der Waals surface area (Å²) in [7, 11) is 0. The lowest BCUT2D eigenvalue weighted by Gasteiger charge is -2.35. The Kier molecular flexibility index (Phi) is 5.02. The molecule has 136 valence electrons. The number of carboxylic acids is 1. The predicted molar refractivity (Wildman–Crippen MR) is 90.7 cm³/mol. The number of carbonyl (C=O) groups is 1. The van der Waals surface area contributed by atoms with Gasteiger partial charge in [0.15, 0.2) is 0 Å². The molecule has 3 aliphatic heterocycles. The van der Waals surface area contributed by atoms with E-state index in [9.17, 15) is 14.3 Å². The SMILES string of the molecule is O=C(O)C1CCCN(C2NN3CC(C4CCC(F)CC4)NC3S2)C1. The summed E-state index contributed by atoms with van der Waals surface area (Å²) in [4.78, 5) is 13.5. The fraction of sp³-hybridized carbons (Fsp3) is 0.938. The van der Waals surface area contributed by atoms with Crippen molar-refractivity contribution in [1.29, 1.82) is 0 Å². The van der Waals surface area contributed by atoms with Crippen LogP contribution in [-0.2, 0) is 4.79 Å². The normalized spacial score (nSPS) is 44.5. The largest absolute Gasteiger partial charge is 0.481 e. The Balaban J connectivity index is 1.29. The van der Waals surface area contributed by atoms with Gasteiger partial charge in [0.2, 0.25) is 0 Å². The van der Waals surface area contributed by atoms with E-state index in [-0.39, 0.29) is 16.9 Å². The van der Waals surface area contributed by atoms with Crippen LogP contribution in [0.3, 0.4) is 0 Å². The zero-order valence-corrected chi connectivity index (χ0v) is 14.7. The minimum Gasteiger partial charge on any atom is -0.481 e. The number of rotatable bonds is 3. The summed E-state index contributed by atoms with van der Waals surface area (Å²) in [6.45, 7) is 2.54. The molecule has 8 heteroatoms. The fourth-order valence-corrected chi connectivity index (χ4v) is 5.87. The molecule has 3 heterocycles. The molecule has 0 amide bonds. The van der Waals surface area contributed by atoms with Crippen molar-refractivity contribution in [3.63, 3.8) is 0 Å². The van der Waals surface area contributed by atoms with Crippen molar-refractivity contribution in [3.8, 4) is 0 Å². The molecule has 0 aromatic heterocycles. The van der Waals surface area contributed by atoms with Gasteiger partial charge in [-0.05, 0) is 44.4 Å². The number of piperidine rings is 1. The molecule has 0 aromatic carbocycles. The molecule has 4 aliphatic rings. The summed E-state index contributed by atoms with van der Waals surface area (Å²) in [5.41, 5.74) is 3.96. The van der Waals surface area contributed by atoms with E-state index in [4.69, 9.17) is 0 Å². The highest BCUT2D eigenvalue weighted by Gasteiger charge is 2.45. The molecule has 4 rings (SSSR count). The lowest BCUT2D eigenvalue weighted by molar-refractivity contribution is -0.143. The third kappa shape index (κ3) is 3.44. The van der Waals surface area contributed by atoms with Crippen molar-refractivity contribution in [2.75, 3.05) is 19.6 Å². The van der Waals surface area contributed by atoms with Crippen LogP contribution in [0, 0.1) is 11.8 Å². The maximum absolute atomic E-state index is 13.3. The summed E-state index contributed by atoms with van der Waals surface area (Å²) in [5.74, 6) is -0.340. The first-order valence-corrected chi connectivity index (χ1v) is 10.1. The first kappa shape index (κ1) is 17.0. The van der Waals surface area contributed by atoms with Gasteiger partial charge in [-0.25, -0.2) is 14.8 Å². The lowest BCUT2D eigenvalue weighted by Crippen LogP contribution is -2.50. The number of fused-ring (bicyclic) bond motifs is 1. The zero-order chi connectivity index (χ0) is 16.7. The second-order valence-electron chi connectivity index (χ2n) is 7.58. The molecule has 0 spiro atoms. The second-order valence-corrected chi connectivity index (χ2v) is 8.75. The summed E-state index contributed by atoms with van der Waals surface area (Å²) in [5, 5.41) is 15.2. The van der Waals surface area contributed by atoms with Gasteiger partial charge in [-0.15, -0.1) is 0 Å². The quantitative estimate of drug-likeness (QED) is 0.705. The number of nitrogens with zero attached hydrogens (tertiary/aromatic N) is 2. The number of hydrogen-bond acceptors (Lipinski definition) is 6. The average Bonchev–Trinajstić information content (AvgIpc) is 3.14. The van der Waals surface area contributed by atoms with Crippen molar-refractivity contribution in [2.24, 2.45) is 11.8 Å². The van der Waals surface area contributed by atoms with Gasteiger partial charge in [-0.1, -0.05) is 11.8 Å². The Morgan fingerprint density at radius 1 is 1.12 bits per heavy atom. The molecule has 24 heavy (non-hydrogen) atoms. The van der Waals surface area contributed by atoms with Crippen LogP contribution in [-0.4, -0.2) is 63.8 Å². The molecule has 0 radical (unpaired) electrons. The molecule has 1 saturated carbocycles. The van der Waals surface area contributed by atoms with Gasteiger partial charge in [0.1, 0.15) is 17.2 Å². The molecular weight excluding hydrogens is 331 g/mol. The van der Waals surface area contributed by atoms with Crippen LogP contribution in [0.4, 0.5) is 4.39 Å². The van der Waals surface area contributed by atoms with Crippen LogP contribution in [0.1, 0.15) is 38.5 Å². The zero-order valence-electron chi connectivity index (χ0n) is 13.9. The standard InChI is InChI=1S/C16H27FN4O2S/c17-12-5-3-10(4-6-12)13-9-21-15(18-13)24-16(19-21)20-7-1-2-11(8-20)14(22)23/h10-13,15-16,18-19H,1-9H2,(H,22,23). The first-order chi connectivity index (χ1) is 11.6. The maximum Gasteiger partial charge on any atom is 0.307 e. The number of nitrogens with one attached hydrogen (secondary N) is 2. The van der Waals surface area contributed by atoms with Gasteiger partial charge in [-0.2, -0.15) is 0 Å². The Morgan fingerprint density at radius 3 is 2.62 bits per heavy atom. The van der Waals surface area contributed by atoms with Gasteiger partial charge in [0.05, 0.1) is 5.92 Å². The number of thioether (sulfide) groups is 1. The molecule has 3 saturated heterocycles. The molecule has 0 aromatic rings. The van der Waals surface area contributed by atoms with Crippen LogP contribution < -0.4 is 10.7 Å². The molecule has 1 aliphatic carbocycles. The smallest absolute Gasteiger partial charge is 0.307 e. The lowest BCUT2D eigenvalue weighted by atomic mass is 9.83. The Morgan fingerprint density at radius 2 is 1.92 bits per heavy atom. The predicted octanol–water partition coefficient (Wildman–Crippen LogP) is 1.40. The average molecular weight is 358 g/mol. The molecule has 4 unspecified atom stereocenters. The summed E-state index contributed by atoms with van der Waals surface area (Å²) >= 11 is 1.83. The van der Waals surface area contributed by atoms with Crippen LogP contribution in [0.2, 0.25) is 0 Å². The van der Waals surface area contributed by atoms with E-state index in [1.165, 1.54) is 0 Å². The van der Waals surface area contributed by atoms with Gasteiger partial charge in [-0.3, -0.25) is 15.0 Å². The van der Waals surface area contributed by atoms with Gasteiger partial charge < -0.3 is 5.11 Å². The monoisotopic (exact) mass is 358 g/mol. The van der Waals surface area contributed by atoms with Crippen molar-refractivity contribution < 1.29 is 14.3 Å². The van der Waals surface area contributed by atoms with Crippen molar-refractivity contribution >= 4 is 17.7 Å². The van der Waals surface area contributed by atoms with E-state index in [0.717, 1.165) is 38.8 Å². The van der Waals surface area contributed by atoms with Crippen molar-refractivity contribution in [2.45, 2.75) is 61.7 Å². The van der Waals surface area contributed by atoms with Gasteiger partial charge >= 0.3 is 5.97 Å². The number of alkyl halides is 1. The Labute approximate surface area is 146 Å². The Hall–Kier alpha value is -0.410. The van der Waals surface area contributed by atoms with Crippen molar-refractivity contribution in [3.05, 3.63) is 0 Å². The highest BCUT2D eigenvalue weighted by Crippen LogP contribution is 2.37. The topological polar surface area (TPSA) is 67.8 Å². The second kappa shape index (κ2) is 7.07. The number of halogens is 1. The van der Waals surface area contributed by atoms with E-state index in [0.29, 0.717) is 31.3 Å². The van der Waals surface area contributed by atoms with Crippen molar-refractivity contribution in [1.82, 2.24) is 20.7 Å². The van der Waals surface area contributed by atoms with Crippen LogP contribution in [0.5, 0.6) is 0 Å². The number of hydrogen-bond donors (Lipinski definition) is 3. The van der Waals surface area contributed by atoms with Crippen LogP contribution in [0.25, 0.3) is 0 Å². The summed E-state index contributed by atoms with van der Waals surface area (Å²) < 4.78 is 13.3. The third-order valence-electron chi connectivity index (χ3n) is 5.97. The highest BCUT2D eigenvalue weighted by molar-refractivity contribution is 8.00. The summed E-state index contributed by atoms with van der Waals surface area (Å²) in [6.07, 6.45) is 4.53. The van der Waals surface area contributed by atoms with Gasteiger partial charge in [0, 0.05) is 25.7 Å². The number of carboxylic acid groups (broad SMARTS) is 1. The van der Waals surface area contributed by atoms with E-state index in [2.05, 4.69) is 20.7 Å². The third-order valence-corrected chi connectivity index (χ3v) is 7.28. The maximum atomic E-state index is 13.3. The fourth-order valence-electron chi connectivity index (χ4n) is 4.52. The van der Waals surface area contributed by atoms with Crippen LogP contribution in [0.15, 0.2) is 0 Å². The van der Waals surface area contributed by atoms with E-state index in [1.807, 2.05) is 11.8 Å². The summed E-state index contributed by atoms with van der Waals surface area (Å²) in [6, 6.07) is 0.441. The molecule has 6 nitrogen and oxygen atoms in total. The number of hydrazine groups is 1. The minimum absolute atomic E-state index is 0.159. The van der Waals surface area contributed by atoms with E-state index < -0.39 is 12.1 Å². The molecule has 0 bridgehead atoms. The molecule has 3 N–H and O–H groups in total. The minimum atomic E-state index is -0.676. The van der Waals surface area contributed by atoms with Gasteiger partial charge in [0.25, 0.3) is 0 Å². The number of likely N-dealkylation sites (tertiary alicyclic amines) is 1. The van der Waals surface area contributed by atoms with E-state index in [1.54, 1.807) is 0 Å². The molecular formula is C16H27FN4O2S. The van der Waals surface area contributed by atoms with E-state index >= 15 is 0 Å². The molecule has 4 fully saturated rings.